The molecule has 0 aliphatic heterocycles. The molecule has 7 heteroatoms. The molecule has 0 saturated carbocycles. The predicted molar refractivity (Wildman–Crippen MR) is 68.2 cm³/mol. The molecule has 0 radical (unpaired) electrons. The van der Waals surface area contributed by atoms with Crippen LogP contribution in [0.2, 0.25) is 0 Å². The predicted octanol–water partition coefficient (Wildman–Crippen LogP) is 0.526. The highest BCUT2D eigenvalue weighted by Gasteiger charge is 2.22. The smallest absolute Gasteiger partial charge is 0.314 e. The van der Waals surface area contributed by atoms with Crippen LogP contribution in [0.3, 0.4) is 0 Å². The van der Waals surface area contributed by atoms with Crippen molar-refractivity contribution in [3.8, 4) is 0 Å². The molecule has 1 aromatic rings. The van der Waals surface area contributed by atoms with E-state index in [0.717, 1.165) is 0 Å². The summed E-state index contributed by atoms with van der Waals surface area (Å²) in [6.07, 6.45) is 1.12. The molecule has 1 unspecified atom stereocenters. The van der Waals surface area contributed by atoms with Crippen LogP contribution < -0.4 is 10.6 Å². The van der Waals surface area contributed by atoms with Crippen LogP contribution in [0.1, 0.15) is 27.2 Å². The fraction of sp³-hybridized carbons (Fsp3) is 0.583. The number of aromatic nitrogens is 1. The van der Waals surface area contributed by atoms with Gasteiger partial charge in [0.05, 0.1) is 6.10 Å². The zero-order valence-electron chi connectivity index (χ0n) is 11.3. The number of amides is 2. The first-order chi connectivity index (χ1) is 8.80. The van der Waals surface area contributed by atoms with Crippen LogP contribution in [-0.2, 0) is 9.59 Å². The molecule has 0 aliphatic carbocycles. The minimum absolute atomic E-state index is 0.176. The lowest BCUT2D eigenvalue weighted by atomic mass is 9.87. The van der Waals surface area contributed by atoms with Gasteiger partial charge in [-0.15, -0.1) is 0 Å². The van der Waals surface area contributed by atoms with Crippen molar-refractivity contribution in [3.05, 3.63) is 12.3 Å². The highest BCUT2D eigenvalue weighted by molar-refractivity contribution is 6.39. The van der Waals surface area contributed by atoms with E-state index in [1.54, 1.807) is 0 Å². The van der Waals surface area contributed by atoms with Crippen LogP contribution in [-0.4, -0.2) is 34.7 Å². The average molecular weight is 269 g/mol. The van der Waals surface area contributed by atoms with Crippen molar-refractivity contribution in [2.45, 2.75) is 33.3 Å². The van der Waals surface area contributed by atoms with E-state index in [1.165, 1.54) is 12.3 Å². The van der Waals surface area contributed by atoms with Crippen molar-refractivity contribution < 1.29 is 19.2 Å². The second-order valence-corrected chi connectivity index (χ2v) is 5.27. The molecular formula is C12H19N3O4. The minimum atomic E-state index is -0.820. The lowest BCUT2D eigenvalue weighted by molar-refractivity contribution is -0.136. The summed E-state index contributed by atoms with van der Waals surface area (Å²) >= 11 is 0. The number of rotatable bonds is 4. The van der Waals surface area contributed by atoms with Crippen LogP contribution in [0.4, 0.5) is 5.82 Å². The molecule has 0 fully saturated rings. The van der Waals surface area contributed by atoms with Gasteiger partial charge in [0.25, 0.3) is 0 Å². The second kappa shape index (κ2) is 6.33. The molecule has 1 atom stereocenters. The summed E-state index contributed by atoms with van der Waals surface area (Å²) in [7, 11) is 0. The number of carbonyl (C=O) groups is 2. The first-order valence-corrected chi connectivity index (χ1v) is 5.98. The Morgan fingerprint density at radius 1 is 1.42 bits per heavy atom. The van der Waals surface area contributed by atoms with Crippen LogP contribution >= 0.6 is 0 Å². The molecule has 1 heterocycles. The highest BCUT2D eigenvalue weighted by atomic mass is 16.5. The third-order valence-electron chi connectivity index (χ3n) is 2.59. The van der Waals surface area contributed by atoms with E-state index >= 15 is 0 Å². The number of nitrogens with zero attached hydrogens (tertiary/aromatic N) is 1. The van der Waals surface area contributed by atoms with Crippen molar-refractivity contribution in [2.75, 3.05) is 11.9 Å². The van der Waals surface area contributed by atoms with Crippen molar-refractivity contribution in [1.29, 1.82) is 0 Å². The minimum Gasteiger partial charge on any atom is -0.393 e. The van der Waals surface area contributed by atoms with Gasteiger partial charge in [-0.3, -0.25) is 14.9 Å². The SMILES string of the molecule is CC(C)(C)C(O)CCNC(=O)C(=O)Nc1ccon1. The Labute approximate surface area is 111 Å². The first-order valence-electron chi connectivity index (χ1n) is 5.98. The average Bonchev–Trinajstić information content (AvgIpc) is 2.80. The molecular weight excluding hydrogens is 250 g/mol. The maximum Gasteiger partial charge on any atom is 0.314 e. The molecule has 0 saturated heterocycles. The lowest BCUT2D eigenvalue weighted by Crippen LogP contribution is -2.38. The van der Waals surface area contributed by atoms with Crippen LogP contribution in [0.25, 0.3) is 0 Å². The van der Waals surface area contributed by atoms with E-state index in [-0.39, 0.29) is 17.8 Å². The van der Waals surface area contributed by atoms with E-state index in [0.29, 0.717) is 6.42 Å². The number of hydrogen-bond acceptors (Lipinski definition) is 5. The summed E-state index contributed by atoms with van der Waals surface area (Å²) in [5.74, 6) is -1.42. The van der Waals surface area contributed by atoms with Gasteiger partial charge in [-0.1, -0.05) is 25.9 Å². The van der Waals surface area contributed by atoms with Gasteiger partial charge >= 0.3 is 11.8 Å². The number of aliphatic hydroxyl groups excluding tert-OH is 1. The van der Waals surface area contributed by atoms with Gasteiger partial charge in [0.1, 0.15) is 6.26 Å². The van der Waals surface area contributed by atoms with E-state index in [4.69, 9.17) is 0 Å². The van der Waals surface area contributed by atoms with Gasteiger partial charge in [-0.25, -0.2) is 0 Å². The monoisotopic (exact) mass is 269 g/mol. The van der Waals surface area contributed by atoms with Gasteiger partial charge in [-0.2, -0.15) is 0 Å². The molecule has 106 valence electrons. The number of anilines is 1. The second-order valence-electron chi connectivity index (χ2n) is 5.27. The Bertz CT molecular complexity index is 423. The maximum atomic E-state index is 11.4. The van der Waals surface area contributed by atoms with E-state index in [1.807, 2.05) is 20.8 Å². The molecule has 0 aliphatic rings. The molecule has 2 amide bonds. The molecule has 1 rings (SSSR count). The summed E-state index contributed by atoms with van der Waals surface area (Å²) in [4.78, 5) is 22.9. The molecule has 7 nitrogen and oxygen atoms in total. The Kier molecular flexibility index (Phi) is 5.05. The molecule has 0 spiro atoms. The van der Waals surface area contributed by atoms with Crippen LogP contribution in [0.15, 0.2) is 16.9 Å². The number of hydrogen-bond donors (Lipinski definition) is 3. The number of carbonyl (C=O) groups excluding carboxylic acids is 2. The van der Waals surface area contributed by atoms with Crippen LogP contribution in [0.5, 0.6) is 0 Å². The summed E-state index contributed by atoms with van der Waals surface area (Å²) in [5, 5.41) is 17.9. The standard InChI is InChI=1S/C12H19N3O4/c1-12(2,3)8(16)4-6-13-10(17)11(18)14-9-5-7-19-15-9/h5,7-8,16H,4,6H2,1-3H3,(H,13,17)(H,14,15,18). The molecule has 3 N–H and O–H groups in total. The molecule has 0 aromatic carbocycles. The number of nitrogens with one attached hydrogen (secondary N) is 2. The Morgan fingerprint density at radius 2 is 2.11 bits per heavy atom. The van der Waals surface area contributed by atoms with E-state index in [9.17, 15) is 14.7 Å². The van der Waals surface area contributed by atoms with Crippen LogP contribution in [0, 0.1) is 5.41 Å². The van der Waals surface area contributed by atoms with Crippen molar-refractivity contribution in [1.82, 2.24) is 10.5 Å². The fourth-order valence-electron chi connectivity index (χ4n) is 1.29. The lowest BCUT2D eigenvalue weighted by Gasteiger charge is -2.25. The quantitative estimate of drug-likeness (QED) is 0.691. The molecule has 19 heavy (non-hydrogen) atoms. The topological polar surface area (TPSA) is 104 Å². The summed E-state index contributed by atoms with van der Waals surface area (Å²) in [6.45, 7) is 5.92. The Morgan fingerprint density at radius 3 is 2.63 bits per heavy atom. The maximum absolute atomic E-state index is 11.4. The summed E-state index contributed by atoms with van der Waals surface area (Å²) < 4.78 is 4.52. The Balaban J connectivity index is 2.30. The molecule has 1 aromatic heterocycles. The fourth-order valence-corrected chi connectivity index (χ4v) is 1.29. The van der Waals surface area contributed by atoms with Gasteiger partial charge in [0, 0.05) is 12.6 Å². The number of aliphatic hydroxyl groups is 1. The Hall–Kier alpha value is -1.89. The normalized spacial score (nSPS) is 12.8. The first kappa shape index (κ1) is 15.2. The summed E-state index contributed by atoms with van der Waals surface area (Å²) in [6, 6.07) is 1.43. The summed E-state index contributed by atoms with van der Waals surface area (Å²) in [5.41, 5.74) is -0.256. The third-order valence-corrected chi connectivity index (χ3v) is 2.59. The van der Waals surface area contributed by atoms with Crippen molar-refractivity contribution >= 4 is 17.6 Å². The van der Waals surface area contributed by atoms with Gasteiger partial charge < -0.3 is 14.9 Å². The zero-order chi connectivity index (χ0) is 14.5. The van der Waals surface area contributed by atoms with E-state index < -0.39 is 17.9 Å². The highest BCUT2D eigenvalue weighted by Crippen LogP contribution is 2.20. The zero-order valence-corrected chi connectivity index (χ0v) is 11.3. The third kappa shape index (κ3) is 5.09. The largest absolute Gasteiger partial charge is 0.393 e. The van der Waals surface area contributed by atoms with Crippen molar-refractivity contribution in [2.24, 2.45) is 5.41 Å². The van der Waals surface area contributed by atoms with Crippen molar-refractivity contribution in [3.63, 3.8) is 0 Å². The van der Waals surface area contributed by atoms with E-state index in [2.05, 4.69) is 20.3 Å². The molecule has 0 bridgehead atoms. The van der Waals surface area contributed by atoms with Gasteiger partial charge in [0.2, 0.25) is 0 Å². The van der Waals surface area contributed by atoms with Gasteiger partial charge in [-0.05, 0) is 11.8 Å². The van der Waals surface area contributed by atoms with Gasteiger partial charge in [0.15, 0.2) is 5.82 Å².